The van der Waals surface area contributed by atoms with E-state index < -0.39 is 11.6 Å². The maximum atomic E-state index is 13.1. The zero-order chi connectivity index (χ0) is 28.7. The molecular formula is C28H34ClN5O5. The second-order valence-corrected chi connectivity index (χ2v) is 10.5. The molecule has 0 unspecified atom stereocenters. The number of methoxy groups -OCH3 is 1. The molecule has 0 bridgehead atoms. The molecule has 2 aromatic heterocycles. The molecule has 208 valence electrons. The molecule has 0 fully saturated rings. The van der Waals surface area contributed by atoms with Crippen LogP contribution in [0.15, 0.2) is 53.6 Å². The van der Waals surface area contributed by atoms with Gasteiger partial charge in [0.05, 0.1) is 20.1 Å². The molecule has 0 spiro atoms. The highest BCUT2D eigenvalue weighted by atomic mass is 35.5. The number of halogens is 1. The summed E-state index contributed by atoms with van der Waals surface area (Å²) in [4.78, 5) is 43.4. The summed E-state index contributed by atoms with van der Waals surface area (Å²) in [5.74, 6) is 0.109. The Hall–Kier alpha value is -4.05. The first-order valence-corrected chi connectivity index (χ1v) is 12.8. The van der Waals surface area contributed by atoms with E-state index in [2.05, 4.69) is 15.7 Å². The lowest BCUT2D eigenvalue weighted by Crippen LogP contribution is -2.44. The number of amides is 2. The highest BCUT2D eigenvalue weighted by Gasteiger charge is 2.27. The second kappa shape index (κ2) is 12.7. The minimum absolute atomic E-state index is 0.122. The Labute approximate surface area is 232 Å². The number of carboxylic acid groups (broad SMARTS) is 1. The molecule has 2 amide bonds. The fourth-order valence-electron chi connectivity index (χ4n) is 4.01. The molecule has 0 saturated carbocycles. The third kappa shape index (κ3) is 7.73. The second-order valence-electron chi connectivity index (χ2n) is 10.1. The van der Waals surface area contributed by atoms with Crippen molar-refractivity contribution in [3.8, 4) is 5.88 Å². The van der Waals surface area contributed by atoms with Gasteiger partial charge in [-0.2, -0.15) is 0 Å². The van der Waals surface area contributed by atoms with E-state index in [4.69, 9.17) is 16.3 Å². The lowest BCUT2D eigenvalue weighted by atomic mass is 10.0. The molecule has 1 aromatic carbocycles. The van der Waals surface area contributed by atoms with E-state index in [1.807, 2.05) is 26.8 Å². The minimum atomic E-state index is -1.04. The van der Waals surface area contributed by atoms with Gasteiger partial charge in [-0.15, -0.1) is 0 Å². The Morgan fingerprint density at radius 1 is 1.13 bits per heavy atom. The molecule has 0 atom stereocenters. The van der Waals surface area contributed by atoms with Crippen LogP contribution >= 0.6 is 11.6 Å². The Balaban J connectivity index is 1.72. The number of carbonyl (C=O) groups excluding carboxylic acids is 1. The summed E-state index contributed by atoms with van der Waals surface area (Å²) < 4.78 is 6.59. The Kier molecular flexibility index (Phi) is 9.58. The maximum absolute atomic E-state index is 13.1. The lowest BCUT2D eigenvalue weighted by Gasteiger charge is -2.33. The summed E-state index contributed by atoms with van der Waals surface area (Å²) in [6.45, 7) is 7.79. The van der Waals surface area contributed by atoms with Crippen molar-refractivity contribution in [1.82, 2.24) is 19.9 Å². The van der Waals surface area contributed by atoms with E-state index in [1.54, 1.807) is 49.6 Å². The number of aryl methyl sites for hydroxylation is 1. The molecule has 39 heavy (non-hydrogen) atoms. The number of carbonyl (C=O) groups is 2. The molecule has 0 aliphatic heterocycles. The number of ether oxygens (including phenoxy) is 1. The molecule has 0 aliphatic carbocycles. The summed E-state index contributed by atoms with van der Waals surface area (Å²) in [5.41, 5.74) is 5.34. The normalized spacial score (nSPS) is 11.1. The van der Waals surface area contributed by atoms with E-state index in [-0.39, 0.29) is 31.0 Å². The van der Waals surface area contributed by atoms with Gasteiger partial charge < -0.3 is 20.6 Å². The topological polar surface area (TPSA) is 126 Å². The van der Waals surface area contributed by atoms with Crippen molar-refractivity contribution < 1.29 is 19.4 Å². The van der Waals surface area contributed by atoms with Gasteiger partial charge in [-0.1, -0.05) is 23.7 Å². The molecule has 0 aliphatic rings. The van der Waals surface area contributed by atoms with Gasteiger partial charge in [0.1, 0.15) is 0 Å². The molecular weight excluding hydrogens is 522 g/mol. The van der Waals surface area contributed by atoms with Gasteiger partial charge in [0.2, 0.25) is 11.8 Å². The Morgan fingerprint density at radius 2 is 1.87 bits per heavy atom. The molecule has 3 N–H and O–H groups in total. The summed E-state index contributed by atoms with van der Waals surface area (Å²) in [6, 6.07) is 10.5. The predicted octanol–water partition coefficient (Wildman–Crippen LogP) is 4.09. The SMILES string of the molecule is COc1ncccc1CNn1ccc(C)c(CC(=O)NCc2cc(Cl)ccc2CN(C(=O)O)C(C)(C)C)c1=O. The van der Waals surface area contributed by atoms with E-state index in [0.29, 0.717) is 34.1 Å². The fraction of sp³-hybridized carbons (Fsp3) is 0.357. The number of nitrogens with one attached hydrogen (secondary N) is 2. The van der Waals surface area contributed by atoms with Crippen LogP contribution in [0, 0.1) is 6.92 Å². The van der Waals surface area contributed by atoms with Gasteiger partial charge in [-0.05, 0) is 68.7 Å². The summed E-state index contributed by atoms with van der Waals surface area (Å²) >= 11 is 6.20. The summed E-state index contributed by atoms with van der Waals surface area (Å²) in [5, 5.41) is 13.0. The lowest BCUT2D eigenvalue weighted by molar-refractivity contribution is -0.120. The number of benzene rings is 1. The van der Waals surface area contributed by atoms with Gasteiger partial charge >= 0.3 is 6.09 Å². The van der Waals surface area contributed by atoms with Crippen LogP contribution in [0.2, 0.25) is 5.02 Å². The van der Waals surface area contributed by atoms with E-state index in [9.17, 15) is 19.5 Å². The van der Waals surface area contributed by atoms with E-state index in [1.165, 1.54) is 16.7 Å². The number of hydrogen-bond acceptors (Lipinski definition) is 6. The van der Waals surface area contributed by atoms with Crippen molar-refractivity contribution in [3.05, 3.63) is 92.0 Å². The van der Waals surface area contributed by atoms with Gasteiger partial charge in [0.25, 0.3) is 5.56 Å². The monoisotopic (exact) mass is 555 g/mol. The third-order valence-corrected chi connectivity index (χ3v) is 6.50. The molecule has 3 aromatic rings. The number of pyridine rings is 2. The van der Waals surface area contributed by atoms with Gasteiger partial charge in [0, 0.05) is 47.2 Å². The first-order valence-electron chi connectivity index (χ1n) is 12.4. The maximum Gasteiger partial charge on any atom is 0.408 e. The van der Waals surface area contributed by atoms with Crippen LogP contribution < -0.4 is 21.0 Å². The fourth-order valence-corrected chi connectivity index (χ4v) is 4.21. The number of hydrogen-bond donors (Lipinski definition) is 3. The Morgan fingerprint density at radius 3 is 2.54 bits per heavy atom. The smallest absolute Gasteiger partial charge is 0.408 e. The first-order chi connectivity index (χ1) is 18.4. The number of aromatic nitrogens is 2. The van der Waals surface area contributed by atoms with Crippen LogP contribution in [0.5, 0.6) is 5.88 Å². The zero-order valence-electron chi connectivity index (χ0n) is 22.7. The molecule has 2 heterocycles. The molecule has 11 heteroatoms. The largest absolute Gasteiger partial charge is 0.481 e. The van der Waals surface area contributed by atoms with Crippen molar-refractivity contribution in [1.29, 1.82) is 0 Å². The van der Waals surface area contributed by atoms with Crippen LogP contribution in [0.3, 0.4) is 0 Å². The average molecular weight is 556 g/mol. The third-order valence-electron chi connectivity index (χ3n) is 6.26. The molecule has 10 nitrogen and oxygen atoms in total. The minimum Gasteiger partial charge on any atom is -0.481 e. The van der Waals surface area contributed by atoms with Gasteiger partial charge in [0.15, 0.2) is 0 Å². The summed E-state index contributed by atoms with van der Waals surface area (Å²) in [7, 11) is 1.53. The van der Waals surface area contributed by atoms with Crippen molar-refractivity contribution in [2.45, 2.75) is 59.3 Å². The van der Waals surface area contributed by atoms with Crippen LogP contribution in [0.1, 0.15) is 48.6 Å². The molecule has 3 rings (SSSR count). The quantitative estimate of drug-likeness (QED) is 0.344. The van der Waals surface area contributed by atoms with Crippen LogP contribution in [-0.2, 0) is 30.8 Å². The average Bonchev–Trinajstić information content (AvgIpc) is 2.88. The Bertz CT molecular complexity index is 1400. The molecule has 0 saturated heterocycles. The van der Waals surface area contributed by atoms with Crippen LogP contribution in [-0.4, -0.2) is 44.3 Å². The first kappa shape index (κ1) is 29.5. The predicted molar refractivity (Wildman–Crippen MR) is 150 cm³/mol. The highest BCUT2D eigenvalue weighted by Crippen LogP contribution is 2.22. The summed E-state index contributed by atoms with van der Waals surface area (Å²) in [6.07, 6.45) is 2.07. The standard InChI is InChI=1S/C28H34ClN5O5/c1-18-10-12-34(32-16-19-7-6-11-30-25(19)39-5)26(36)23(18)14-24(35)31-15-21-13-22(29)9-8-20(21)17-33(27(37)38)28(2,3)4/h6-13,32H,14-17H2,1-5H3,(H,31,35)(H,37,38). The molecule has 0 radical (unpaired) electrons. The van der Waals surface area contributed by atoms with Crippen LogP contribution in [0.25, 0.3) is 0 Å². The van der Waals surface area contributed by atoms with Gasteiger partial charge in [-0.3, -0.25) is 14.5 Å². The van der Waals surface area contributed by atoms with Crippen molar-refractivity contribution in [3.63, 3.8) is 0 Å². The highest BCUT2D eigenvalue weighted by molar-refractivity contribution is 6.30. The van der Waals surface area contributed by atoms with Gasteiger partial charge in [-0.25, -0.2) is 14.5 Å². The zero-order valence-corrected chi connectivity index (χ0v) is 23.5. The van der Waals surface area contributed by atoms with E-state index in [0.717, 1.165) is 11.1 Å². The number of rotatable bonds is 10. The van der Waals surface area contributed by atoms with Crippen LogP contribution in [0.4, 0.5) is 4.79 Å². The van der Waals surface area contributed by atoms with Crippen molar-refractivity contribution in [2.75, 3.05) is 12.5 Å². The van der Waals surface area contributed by atoms with Crippen molar-refractivity contribution in [2.24, 2.45) is 0 Å². The number of nitrogens with zero attached hydrogens (tertiary/aromatic N) is 3. The van der Waals surface area contributed by atoms with E-state index >= 15 is 0 Å². The van der Waals surface area contributed by atoms with Crippen molar-refractivity contribution >= 4 is 23.6 Å².